The van der Waals surface area contributed by atoms with Crippen LogP contribution in [0.2, 0.25) is 0 Å². The lowest BCUT2D eigenvalue weighted by Crippen LogP contribution is -1.99. The molecule has 0 unspecified atom stereocenters. The lowest BCUT2D eigenvalue weighted by Gasteiger charge is -2.09. The number of halogens is 1. The fraction of sp³-hybridized carbons (Fsp3) is 0.188. The molecule has 103 valence electrons. The monoisotopic (exact) mass is 288 g/mol. The fourth-order valence-electron chi connectivity index (χ4n) is 1.71. The molecule has 0 fully saturated rings. The smallest absolute Gasteiger partial charge is 0.139 e. The standard InChI is InChI=1S/C16H15ClNO2/c1-19-18-11-13-6-8-16(9-7-13)20-12-15-5-3-2-4-14(15)10-17/h2-9H,10,12H2,1H3. The van der Waals surface area contributed by atoms with Gasteiger partial charge in [-0.15, -0.1) is 11.6 Å². The third-order valence-corrected chi connectivity index (χ3v) is 3.06. The van der Waals surface area contributed by atoms with Crippen molar-refractivity contribution in [2.45, 2.75) is 12.5 Å². The van der Waals surface area contributed by atoms with Crippen LogP contribution in [0.1, 0.15) is 16.7 Å². The van der Waals surface area contributed by atoms with Gasteiger partial charge >= 0.3 is 0 Å². The Hall–Kier alpha value is -2.00. The maximum absolute atomic E-state index is 5.90. The predicted octanol–water partition coefficient (Wildman–Crippen LogP) is 3.86. The highest BCUT2D eigenvalue weighted by molar-refractivity contribution is 6.17. The average molecular weight is 289 g/mol. The fourth-order valence-corrected chi connectivity index (χ4v) is 1.97. The van der Waals surface area contributed by atoms with Crippen LogP contribution >= 0.6 is 11.6 Å². The highest BCUT2D eigenvalue weighted by atomic mass is 35.5. The van der Waals surface area contributed by atoms with Gasteiger partial charge in [0.25, 0.3) is 0 Å². The molecule has 0 heterocycles. The van der Waals surface area contributed by atoms with Crippen LogP contribution in [-0.2, 0) is 17.3 Å². The zero-order chi connectivity index (χ0) is 14.2. The first-order chi connectivity index (χ1) is 9.83. The summed E-state index contributed by atoms with van der Waals surface area (Å²) in [5.74, 6) is 1.28. The van der Waals surface area contributed by atoms with Gasteiger partial charge in [0.05, 0.1) is 0 Å². The second-order valence-corrected chi connectivity index (χ2v) is 4.37. The van der Waals surface area contributed by atoms with E-state index >= 15 is 0 Å². The van der Waals surface area contributed by atoms with E-state index in [0.29, 0.717) is 12.5 Å². The molecular weight excluding hydrogens is 274 g/mol. The minimum atomic E-state index is 0.487. The molecule has 0 bridgehead atoms. The molecule has 0 aliphatic rings. The minimum Gasteiger partial charge on any atom is -0.489 e. The van der Waals surface area contributed by atoms with E-state index in [1.807, 2.05) is 48.5 Å². The van der Waals surface area contributed by atoms with Gasteiger partial charge in [-0.2, -0.15) is 0 Å². The molecule has 0 saturated carbocycles. The number of nitrogens with zero attached hydrogens (tertiary/aromatic N) is 1. The largest absolute Gasteiger partial charge is 0.489 e. The van der Waals surface area contributed by atoms with Gasteiger partial charge in [-0.3, -0.25) is 0 Å². The van der Waals surface area contributed by atoms with E-state index in [1.165, 1.54) is 7.11 Å². The van der Waals surface area contributed by atoms with Crippen LogP contribution in [0.3, 0.4) is 0 Å². The van der Waals surface area contributed by atoms with Crippen LogP contribution in [0.15, 0.2) is 53.7 Å². The molecule has 2 aromatic carbocycles. The summed E-state index contributed by atoms with van der Waals surface area (Å²) in [5.41, 5.74) is 3.02. The molecule has 0 N–H and O–H groups in total. The van der Waals surface area contributed by atoms with Gasteiger partial charge in [-0.05, 0) is 35.4 Å². The van der Waals surface area contributed by atoms with Crippen molar-refractivity contribution in [3.8, 4) is 5.75 Å². The summed E-state index contributed by atoms with van der Waals surface area (Å²) in [6, 6.07) is 15.5. The summed E-state index contributed by atoms with van der Waals surface area (Å²) in [5, 5.41) is 3.58. The van der Waals surface area contributed by atoms with Crippen molar-refractivity contribution in [3.05, 3.63) is 65.2 Å². The lowest BCUT2D eigenvalue weighted by molar-refractivity contribution is 0.215. The number of rotatable bonds is 6. The molecule has 0 saturated heterocycles. The van der Waals surface area contributed by atoms with Crippen LogP contribution in [-0.4, -0.2) is 13.3 Å². The average Bonchev–Trinajstić information content (AvgIpc) is 2.52. The Labute approximate surface area is 123 Å². The van der Waals surface area contributed by atoms with E-state index in [9.17, 15) is 0 Å². The van der Waals surface area contributed by atoms with Crippen molar-refractivity contribution in [2.24, 2.45) is 5.16 Å². The molecule has 0 aliphatic carbocycles. The highest BCUT2D eigenvalue weighted by Gasteiger charge is 2.01. The number of ether oxygens (including phenoxy) is 1. The Kier molecular flexibility index (Phi) is 5.44. The normalized spacial score (nSPS) is 10.7. The Bertz CT molecular complexity index is 567. The quantitative estimate of drug-likeness (QED) is 0.459. The molecule has 0 aromatic heterocycles. The molecular formula is C16H15ClNO2. The Balaban J connectivity index is 1.98. The highest BCUT2D eigenvalue weighted by Crippen LogP contribution is 2.16. The predicted molar refractivity (Wildman–Crippen MR) is 80.3 cm³/mol. The Morgan fingerprint density at radius 2 is 1.75 bits per heavy atom. The first kappa shape index (κ1) is 14.4. The number of hydrogen-bond donors (Lipinski definition) is 0. The van der Waals surface area contributed by atoms with Gasteiger partial charge in [0.1, 0.15) is 25.7 Å². The van der Waals surface area contributed by atoms with Gasteiger partial charge in [-0.25, -0.2) is 0 Å². The lowest BCUT2D eigenvalue weighted by atomic mass is 10.1. The molecule has 2 rings (SSSR count). The minimum absolute atomic E-state index is 0.487. The SMILES string of the molecule is CON=[C]c1ccc(OCc2ccccc2CCl)cc1. The van der Waals surface area contributed by atoms with Gasteiger partial charge in [0.2, 0.25) is 0 Å². The first-order valence-corrected chi connectivity index (χ1v) is 6.71. The van der Waals surface area contributed by atoms with Gasteiger partial charge < -0.3 is 9.57 Å². The summed E-state index contributed by atoms with van der Waals surface area (Å²) < 4.78 is 5.75. The van der Waals surface area contributed by atoms with Crippen LogP contribution < -0.4 is 4.74 Å². The van der Waals surface area contributed by atoms with Crippen LogP contribution in [0.25, 0.3) is 0 Å². The van der Waals surface area contributed by atoms with Crippen molar-refractivity contribution >= 4 is 17.8 Å². The van der Waals surface area contributed by atoms with E-state index in [2.05, 4.69) is 16.2 Å². The maximum atomic E-state index is 5.90. The summed E-state index contributed by atoms with van der Waals surface area (Å²) in [4.78, 5) is 4.58. The third kappa shape index (κ3) is 4.00. The van der Waals surface area contributed by atoms with E-state index in [1.54, 1.807) is 0 Å². The Morgan fingerprint density at radius 1 is 1.05 bits per heavy atom. The van der Waals surface area contributed by atoms with Crippen molar-refractivity contribution in [1.29, 1.82) is 0 Å². The van der Waals surface area contributed by atoms with Crippen molar-refractivity contribution < 1.29 is 9.57 Å². The summed E-state index contributed by atoms with van der Waals surface area (Å²) in [7, 11) is 1.48. The summed E-state index contributed by atoms with van der Waals surface area (Å²) in [6.45, 7) is 0.498. The number of benzene rings is 2. The molecule has 3 nitrogen and oxygen atoms in total. The molecule has 1 radical (unpaired) electrons. The molecule has 0 spiro atoms. The topological polar surface area (TPSA) is 30.8 Å². The van der Waals surface area contributed by atoms with E-state index < -0.39 is 0 Å². The van der Waals surface area contributed by atoms with E-state index in [4.69, 9.17) is 16.3 Å². The second kappa shape index (κ2) is 7.56. The van der Waals surface area contributed by atoms with Gasteiger partial charge in [-0.1, -0.05) is 29.4 Å². The summed E-state index contributed by atoms with van der Waals surface area (Å²) in [6.07, 6.45) is 2.74. The molecule has 20 heavy (non-hydrogen) atoms. The maximum Gasteiger partial charge on any atom is 0.139 e. The molecule has 0 amide bonds. The number of alkyl halides is 1. The third-order valence-electron chi connectivity index (χ3n) is 2.78. The van der Waals surface area contributed by atoms with E-state index in [-0.39, 0.29) is 0 Å². The molecule has 0 aliphatic heterocycles. The van der Waals surface area contributed by atoms with Gasteiger partial charge in [0, 0.05) is 11.4 Å². The van der Waals surface area contributed by atoms with Crippen molar-refractivity contribution in [3.63, 3.8) is 0 Å². The van der Waals surface area contributed by atoms with Crippen molar-refractivity contribution in [2.75, 3.05) is 7.11 Å². The summed E-state index contributed by atoms with van der Waals surface area (Å²) >= 11 is 5.90. The number of hydrogen-bond acceptors (Lipinski definition) is 3. The first-order valence-electron chi connectivity index (χ1n) is 6.18. The van der Waals surface area contributed by atoms with Gasteiger partial charge in [0.15, 0.2) is 0 Å². The zero-order valence-corrected chi connectivity index (χ0v) is 11.9. The van der Waals surface area contributed by atoms with E-state index in [0.717, 1.165) is 22.4 Å². The second-order valence-electron chi connectivity index (χ2n) is 4.10. The Morgan fingerprint density at radius 3 is 2.40 bits per heavy atom. The molecule has 0 atom stereocenters. The van der Waals surface area contributed by atoms with Crippen molar-refractivity contribution in [1.82, 2.24) is 0 Å². The van der Waals surface area contributed by atoms with Crippen LogP contribution in [0, 0.1) is 0 Å². The van der Waals surface area contributed by atoms with Crippen LogP contribution in [0.5, 0.6) is 5.75 Å². The molecule has 2 aromatic rings. The zero-order valence-electron chi connectivity index (χ0n) is 11.2. The van der Waals surface area contributed by atoms with Crippen LogP contribution in [0.4, 0.5) is 0 Å². The molecule has 4 heteroatoms.